The molecule has 0 saturated heterocycles. The number of esters is 2. The molecule has 0 amide bonds. The molecule has 0 atom stereocenters. The van der Waals surface area contributed by atoms with Crippen LogP contribution in [0.25, 0.3) is 10.9 Å². The predicted octanol–water partition coefficient (Wildman–Crippen LogP) is 3.56. The smallest absolute Gasteiger partial charge is 0.343 e. The summed E-state index contributed by atoms with van der Waals surface area (Å²) >= 11 is 0. The zero-order valence-electron chi connectivity index (χ0n) is 12.5. The van der Waals surface area contributed by atoms with Crippen molar-refractivity contribution in [2.75, 3.05) is 6.61 Å². The number of aromatic amines is 1. The van der Waals surface area contributed by atoms with E-state index in [1.165, 1.54) is 6.07 Å². The molecule has 0 spiro atoms. The molecule has 0 aliphatic heterocycles. The van der Waals surface area contributed by atoms with E-state index in [-0.39, 0.29) is 0 Å². The molecule has 23 heavy (non-hydrogen) atoms. The average molecular weight is 309 g/mol. The number of benzene rings is 2. The summed E-state index contributed by atoms with van der Waals surface area (Å²) in [5.74, 6) is -0.632. The van der Waals surface area contributed by atoms with Gasteiger partial charge in [0, 0.05) is 11.7 Å². The van der Waals surface area contributed by atoms with Gasteiger partial charge in [-0.15, -0.1) is 0 Å². The van der Waals surface area contributed by atoms with Gasteiger partial charge in [-0.3, -0.25) is 0 Å². The lowest BCUT2D eigenvalue weighted by Gasteiger charge is -2.06. The zero-order chi connectivity index (χ0) is 16.2. The lowest BCUT2D eigenvalue weighted by atomic mass is 10.1. The topological polar surface area (TPSA) is 68.4 Å². The molecular formula is C18H15NO4. The number of aromatic nitrogens is 1. The first kappa shape index (κ1) is 14.8. The number of fused-ring (bicyclic) bond motifs is 1. The first-order valence-corrected chi connectivity index (χ1v) is 7.24. The minimum absolute atomic E-state index is 0.291. The van der Waals surface area contributed by atoms with Crippen molar-refractivity contribution in [2.45, 2.75) is 6.92 Å². The predicted molar refractivity (Wildman–Crippen MR) is 85.7 cm³/mol. The second kappa shape index (κ2) is 6.36. The summed E-state index contributed by atoms with van der Waals surface area (Å²) in [5.41, 5.74) is 1.64. The monoisotopic (exact) mass is 309 g/mol. The molecule has 0 radical (unpaired) electrons. The fraction of sp³-hybridized carbons (Fsp3) is 0.111. The Labute approximate surface area is 132 Å². The number of ether oxygens (including phenoxy) is 2. The lowest BCUT2D eigenvalue weighted by Crippen LogP contribution is -2.09. The third-order valence-corrected chi connectivity index (χ3v) is 3.35. The summed E-state index contributed by atoms with van der Waals surface area (Å²) in [4.78, 5) is 27.0. The van der Waals surface area contributed by atoms with Gasteiger partial charge in [0.05, 0.1) is 17.7 Å². The van der Waals surface area contributed by atoms with Crippen LogP contribution in [0.4, 0.5) is 0 Å². The number of rotatable bonds is 4. The SMILES string of the molecule is CCOC(=O)c1cccc(OC(=O)c2ccc3cc[nH]c3c2)c1. The standard InChI is InChI=1S/C18H15NO4/c1-2-22-17(20)13-4-3-5-15(10-13)23-18(21)14-7-6-12-8-9-19-16(12)11-14/h3-11,19H,2H2,1H3. The van der Waals surface area contributed by atoms with Crippen LogP contribution in [0, 0.1) is 0 Å². The summed E-state index contributed by atoms with van der Waals surface area (Å²) in [6.45, 7) is 2.03. The van der Waals surface area contributed by atoms with Crippen LogP contribution in [0.5, 0.6) is 5.75 Å². The lowest BCUT2D eigenvalue weighted by molar-refractivity contribution is 0.0524. The Bertz CT molecular complexity index is 866. The molecule has 2 aromatic carbocycles. The van der Waals surface area contributed by atoms with Crippen molar-refractivity contribution in [3.8, 4) is 5.75 Å². The van der Waals surface area contributed by atoms with Gasteiger partial charge in [-0.2, -0.15) is 0 Å². The zero-order valence-corrected chi connectivity index (χ0v) is 12.5. The van der Waals surface area contributed by atoms with Gasteiger partial charge >= 0.3 is 11.9 Å². The molecule has 5 nitrogen and oxygen atoms in total. The Morgan fingerprint density at radius 1 is 1.00 bits per heavy atom. The summed E-state index contributed by atoms with van der Waals surface area (Å²) < 4.78 is 10.3. The fourth-order valence-corrected chi connectivity index (χ4v) is 2.24. The highest BCUT2D eigenvalue weighted by atomic mass is 16.5. The van der Waals surface area contributed by atoms with Gasteiger partial charge < -0.3 is 14.5 Å². The highest BCUT2D eigenvalue weighted by Gasteiger charge is 2.12. The number of hydrogen-bond acceptors (Lipinski definition) is 4. The Kier molecular flexibility index (Phi) is 4.10. The van der Waals surface area contributed by atoms with Crippen LogP contribution in [0.1, 0.15) is 27.6 Å². The number of hydrogen-bond donors (Lipinski definition) is 1. The van der Waals surface area contributed by atoms with E-state index < -0.39 is 11.9 Å². The molecular weight excluding hydrogens is 294 g/mol. The molecule has 116 valence electrons. The van der Waals surface area contributed by atoms with Gasteiger partial charge in [0.1, 0.15) is 5.75 Å². The number of carbonyl (C=O) groups is 2. The average Bonchev–Trinajstić information content (AvgIpc) is 3.03. The third kappa shape index (κ3) is 3.23. The minimum Gasteiger partial charge on any atom is -0.462 e. The van der Waals surface area contributed by atoms with Gasteiger partial charge in [0.15, 0.2) is 0 Å². The first-order valence-electron chi connectivity index (χ1n) is 7.24. The highest BCUT2D eigenvalue weighted by molar-refractivity contribution is 5.96. The Hall–Kier alpha value is -3.08. The van der Waals surface area contributed by atoms with Crippen molar-refractivity contribution in [1.29, 1.82) is 0 Å². The van der Waals surface area contributed by atoms with Crippen molar-refractivity contribution in [2.24, 2.45) is 0 Å². The van der Waals surface area contributed by atoms with E-state index in [4.69, 9.17) is 9.47 Å². The molecule has 3 aromatic rings. The fourth-order valence-electron chi connectivity index (χ4n) is 2.24. The molecule has 0 aliphatic rings. The van der Waals surface area contributed by atoms with E-state index in [2.05, 4.69) is 4.98 Å². The van der Waals surface area contributed by atoms with Crippen molar-refractivity contribution < 1.29 is 19.1 Å². The number of nitrogens with one attached hydrogen (secondary N) is 1. The number of carbonyl (C=O) groups excluding carboxylic acids is 2. The molecule has 1 aromatic heterocycles. The van der Waals surface area contributed by atoms with Crippen LogP contribution in [0.3, 0.4) is 0 Å². The quantitative estimate of drug-likeness (QED) is 0.591. The Morgan fingerprint density at radius 3 is 2.65 bits per heavy atom. The minimum atomic E-state index is -0.484. The Morgan fingerprint density at radius 2 is 1.83 bits per heavy atom. The maximum absolute atomic E-state index is 12.2. The van der Waals surface area contributed by atoms with E-state index in [1.807, 2.05) is 18.3 Å². The van der Waals surface area contributed by atoms with Gasteiger partial charge in [-0.1, -0.05) is 12.1 Å². The van der Waals surface area contributed by atoms with E-state index in [0.717, 1.165) is 10.9 Å². The molecule has 0 unspecified atom stereocenters. The second-order valence-corrected chi connectivity index (χ2v) is 4.92. The molecule has 0 saturated carbocycles. The van der Waals surface area contributed by atoms with Gasteiger partial charge in [0.25, 0.3) is 0 Å². The summed E-state index contributed by atoms with van der Waals surface area (Å²) in [6.07, 6.45) is 1.81. The van der Waals surface area contributed by atoms with Crippen molar-refractivity contribution >= 4 is 22.8 Å². The summed E-state index contributed by atoms with van der Waals surface area (Å²) in [7, 11) is 0. The largest absolute Gasteiger partial charge is 0.462 e. The maximum Gasteiger partial charge on any atom is 0.343 e. The molecule has 0 fully saturated rings. The molecule has 0 aliphatic carbocycles. The Balaban J connectivity index is 1.79. The highest BCUT2D eigenvalue weighted by Crippen LogP contribution is 2.18. The van der Waals surface area contributed by atoms with E-state index in [9.17, 15) is 9.59 Å². The van der Waals surface area contributed by atoms with Crippen molar-refractivity contribution in [1.82, 2.24) is 4.98 Å². The van der Waals surface area contributed by atoms with Crippen LogP contribution >= 0.6 is 0 Å². The second-order valence-electron chi connectivity index (χ2n) is 4.92. The van der Waals surface area contributed by atoms with Crippen LogP contribution in [-0.4, -0.2) is 23.5 Å². The molecule has 0 bridgehead atoms. The van der Waals surface area contributed by atoms with E-state index in [0.29, 0.717) is 23.5 Å². The summed E-state index contributed by atoms with van der Waals surface area (Å²) in [5, 5.41) is 1.02. The van der Waals surface area contributed by atoms with E-state index >= 15 is 0 Å². The van der Waals surface area contributed by atoms with Crippen LogP contribution < -0.4 is 4.74 Å². The third-order valence-electron chi connectivity index (χ3n) is 3.35. The van der Waals surface area contributed by atoms with Gasteiger partial charge in [0.2, 0.25) is 0 Å². The van der Waals surface area contributed by atoms with Crippen LogP contribution in [-0.2, 0) is 4.74 Å². The van der Waals surface area contributed by atoms with Crippen LogP contribution in [0.2, 0.25) is 0 Å². The summed E-state index contributed by atoms with van der Waals surface area (Å²) in [6, 6.07) is 13.6. The molecule has 1 heterocycles. The molecule has 5 heteroatoms. The van der Waals surface area contributed by atoms with E-state index in [1.54, 1.807) is 37.3 Å². The van der Waals surface area contributed by atoms with Crippen molar-refractivity contribution in [3.63, 3.8) is 0 Å². The number of H-pyrrole nitrogens is 1. The van der Waals surface area contributed by atoms with Crippen molar-refractivity contribution in [3.05, 3.63) is 65.9 Å². The van der Waals surface area contributed by atoms with Crippen LogP contribution in [0.15, 0.2) is 54.7 Å². The maximum atomic E-state index is 12.2. The molecule has 1 N–H and O–H groups in total. The normalized spacial score (nSPS) is 10.5. The molecule has 3 rings (SSSR count). The van der Waals surface area contributed by atoms with Gasteiger partial charge in [-0.25, -0.2) is 9.59 Å². The van der Waals surface area contributed by atoms with Gasteiger partial charge in [-0.05, 0) is 48.7 Å². The first-order chi connectivity index (χ1) is 11.2.